The first-order valence-electron chi connectivity index (χ1n) is 5.00. The normalized spacial score (nSPS) is 23.0. The van der Waals surface area contributed by atoms with E-state index < -0.39 is 17.7 Å². The zero-order valence-electron chi connectivity index (χ0n) is 8.25. The van der Waals surface area contributed by atoms with Gasteiger partial charge in [-0.25, -0.2) is 8.78 Å². The summed E-state index contributed by atoms with van der Waals surface area (Å²) >= 11 is 0. The summed E-state index contributed by atoms with van der Waals surface area (Å²) in [7, 11) is 0. The van der Waals surface area contributed by atoms with Gasteiger partial charge in [-0.05, 0) is 31.0 Å². The highest BCUT2D eigenvalue weighted by atomic mass is 19.1. The molecule has 15 heavy (non-hydrogen) atoms. The number of halogens is 2. The molecule has 0 radical (unpaired) electrons. The number of rotatable bonds is 2. The van der Waals surface area contributed by atoms with Gasteiger partial charge in [-0.2, -0.15) is 0 Å². The second kappa shape index (κ2) is 4.24. The Balaban J connectivity index is 2.23. The van der Waals surface area contributed by atoms with E-state index in [1.807, 2.05) is 0 Å². The minimum atomic E-state index is -0.580. The summed E-state index contributed by atoms with van der Waals surface area (Å²) in [5.74, 6) is -0.945. The standard InChI is InChI=1S/C11H13F2NO/c12-7-3-4-9(13)8(6-7)11(14)10-2-1-5-15-10/h3-4,6,10-11H,1-2,5,14H2. The van der Waals surface area contributed by atoms with Gasteiger partial charge in [-0.3, -0.25) is 0 Å². The van der Waals surface area contributed by atoms with Gasteiger partial charge in [-0.15, -0.1) is 0 Å². The highest BCUT2D eigenvalue weighted by molar-refractivity contribution is 5.23. The molecule has 0 spiro atoms. The fourth-order valence-electron chi connectivity index (χ4n) is 1.86. The molecule has 1 fully saturated rings. The zero-order chi connectivity index (χ0) is 10.8. The van der Waals surface area contributed by atoms with E-state index in [2.05, 4.69) is 0 Å². The van der Waals surface area contributed by atoms with E-state index in [0.717, 1.165) is 31.0 Å². The summed E-state index contributed by atoms with van der Waals surface area (Å²) in [5, 5.41) is 0. The lowest BCUT2D eigenvalue weighted by Gasteiger charge is -2.19. The third kappa shape index (κ3) is 2.16. The molecule has 82 valence electrons. The number of benzene rings is 1. The Labute approximate surface area is 87.0 Å². The van der Waals surface area contributed by atoms with Crippen LogP contribution in [0.1, 0.15) is 24.4 Å². The first kappa shape index (κ1) is 10.5. The van der Waals surface area contributed by atoms with Crippen molar-refractivity contribution in [2.75, 3.05) is 6.61 Å². The van der Waals surface area contributed by atoms with E-state index >= 15 is 0 Å². The lowest BCUT2D eigenvalue weighted by atomic mass is 10.00. The maximum absolute atomic E-state index is 13.4. The van der Waals surface area contributed by atoms with Crippen LogP contribution in [0.25, 0.3) is 0 Å². The molecule has 2 N–H and O–H groups in total. The van der Waals surface area contributed by atoms with Gasteiger partial charge >= 0.3 is 0 Å². The Morgan fingerprint density at radius 1 is 1.40 bits per heavy atom. The van der Waals surface area contributed by atoms with Gasteiger partial charge < -0.3 is 10.5 Å². The molecule has 1 saturated heterocycles. The number of nitrogens with two attached hydrogens (primary N) is 1. The van der Waals surface area contributed by atoms with Crippen LogP contribution in [0.2, 0.25) is 0 Å². The highest BCUT2D eigenvalue weighted by Gasteiger charge is 2.26. The van der Waals surface area contributed by atoms with Crippen molar-refractivity contribution >= 4 is 0 Å². The Morgan fingerprint density at radius 2 is 2.20 bits per heavy atom. The predicted molar refractivity (Wildman–Crippen MR) is 52.3 cm³/mol. The molecule has 0 aliphatic carbocycles. The molecule has 1 heterocycles. The molecule has 1 aliphatic rings. The minimum absolute atomic E-state index is 0.193. The monoisotopic (exact) mass is 213 g/mol. The Kier molecular flexibility index (Phi) is 2.98. The fourth-order valence-corrected chi connectivity index (χ4v) is 1.86. The van der Waals surface area contributed by atoms with Crippen LogP contribution in [0, 0.1) is 11.6 Å². The van der Waals surface area contributed by atoms with Crippen molar-refractivity contribution in [1.29, 1.82) is 0 Å². The number of hydrogen-bond acceptors (Lipinski definition) is 2. The van der Waals surface area contributed by atoms with E-state index in [4.69, 9.17) is 10.5 Å². The van der Waals surface area contributed by atoms with Gasteiger partial charge in [0.25, 0.3) is 0 Å². The lowest BCUT2D eigenvalue weighted by Crippen LogP contribution is -2.26. The van der Waals surface area contributed by atoms with Crippen LogP contribution in [-0.2, 0) is 4.74 Å². The van der Waals surface area contributed by atoms with Crippen LogP contribution in [0.3, 0.4) is 0 Å². The average molecular weight is 213 g/mol. The first-order valence-corrected chi connectivity index (χ1v) is 5.00. The largest absolute Gasteiger partial charge is 0.376 e. The first-order chi connectivity index (χ1) is 7.18. The van der Waals surface area contributed by atoms with Gasteiger partial charge in [0.05, 0.1) is 12.1 Å². The second-order valence-corrected chi connectivity index (χ2v) is 3.74. The van der Waals surface area contributed by atoms with Gasteiger partial charge in [0.1, 0.15) is 11.6 Å². The number of hydrogen-bond donors (Lipinski definition) is 1. The SMILES string of the molecule is NC(c1cc(F)ccc1F)C1CCCO1. The summed E-state index contributed by atoms with van der Waals surface area (Å²) < 4.78 is 31.7. The van der Waals surface area contributed by atoms with Gasteiger partial charge in [0.2, 0.25) is 0 Å². The van der Waals surface area contributed by atoms with Gasteiger partial charge in [0, 0.05) is 12.2 Å². The maximum atomic E-state index is 13.4. The summed E-state index contributed by atoms with van der Waals surface area (Å²) in [5.41, 5.74) is 6.03. The highest BCUT2D eigenvalue weighted by Crippen LogP contribution is 2.26. The van der Waals surface area contributed by atoms with Crippen LogP contribution in [0.5, 0.6) is 0 Å². The molecule has 0 bridgehead atoms. The Bertz CT molecular complexity index is 350. The molecule has 2 unspecified atom stereocenters. The molecular formula is C11H13F2NO. The predicted octanol–water partition coefficient (Wildman–Crippen LogP) is 2.14. The van der Waals surface area contributed by atoms with Crippen molar-refractivity contribution < 1.29 is 13.5 Å². The third-order valence-corrected chi connectivity index (χ3v) is 2.68. The van der Waals surface area contributed by atoms with E-state index in [0.29, 0.717) is 6.61 Å². The molecule has 0 amide bonds. The molecule has 2 atom stereocenters. The molecule has 0 saturated carbocycles. The number of ether oxygens (including phenoxy) is 1. The quantitative estimate of drug-likeness (QED) is 0.816. The summed E-state index contributed by atoms with van der Waals surface area (Å²) in [6.07, 6.45) is 1.54. The maximum Gasteiger partial charge on any atom is 0.128 e. The molecule has 2 rings (SSSR count). The van der Waals surface area contributed by atoms with Crippen LogP contribution in [0.4, 0.5) is 8.78 Å². The van der Waals surface area contributed by atoms with E-state index in [1.54, 1.807) is 0 Å². The van der Waals surface area contributed by atoms with Crippen LogP contribution in [-0.4, -0.2) is 12.7 Å². The molecule has 2 nitrogen and oxygen atoms in total. The van der Waals surface area contributed by atoms with E-state index in [9.17, 15) is 8.78 Å². The average Bonchev–Trinajstić information content (AvgIpc) is 2.74. The molecule has 0 aromatic heterocycles. The van der Waals surface area contributed by atoms with Gasteiger partial charge in [-0.1, -0.05) is 0 Å². The van der Waals surface area contributed by atoms with Crippen molar-refractivity contribution in [3.8, 4) is 0 Å². The van der Waals surface area contributed by atoms with Crippen molar-refractivity contribution in [3.05, 3.63) is 35.4 Å². The minimum Gasteiger partial charge on any atom is -0.376 e. The van der Waals surface area contributed by atoms with Crippen molar-refractivity contribution in [2.24, 2.45) is 5.73 Å². The van der Waals surface area contributed by atoms with Crippen molar-refractivity contribution in [3.63, 3.8) is 0 Å². The zero-order valence-corrected chi connectivity index (χ0v) is 8.25. The lowest BCUT2D eigenvalue weighted by molar-refractivity contribution is 0.0889. The van der Waals surface area contributed by atoms with E-state index in [-0.39, 0.29) is 11.7 Å². The third-order valence-electron chi connectivity index (χ3n) is 2.68. The van der Waals surface area contributed by atoms with Gasteiger partial charge in [0.15, 0.2) is 0 Å². The Morgan fingerprint density at radius 3 is 2.87 bits per heavy atom. The van der Waals surface area contributed by atoms with E-state index in [1.165, 1.54) is 0 Å². The molecule has 1 aromatic carbocycles. The molecule has 1 aliphatic heterocycles. The van der Waals surface area contributed by atoms with Crippen LogP contribution < -0.4 is 5.73 Å². The van der Waals surface area contributed by atoms with Crippen LogP contribution >= 0.6 is 0 Å². The second-order valence-electron chi connectivity index (χ2n) is 3.74. The molecule has 4 heteroatoms. The topological polar surface area (TPSA) is 35.2 Å². The summed E-state index contributed by atoms with van der Waals surface area (Å²) in [6.45, 7) is 0.648. The van der Waals surface area contributed by atoms with Crippen molar-refractivity contribution in [1.82, 2.24) is 0 Å². The summed E-state index contributed by atoms with van der Waals surface area (Å²) in [6, 6.07) is 2.74. The molecular weight excluding hydrogens is 200 g/mol. The van der Waals surface area contributed by atoms with Crippen LogP contribution in [0.15, 0.2) is 18.2 Å². The fraction of sp³-hybridized carbons (Fsp3) is 0.455. The smallest absolute Gasteiger partial charge is 0.128 e. The van der Waals surface area contributed by atoms with Crippen molar-refractivity contribution in [2.45, 2.75) is 25.0 Å². The molecule has 1 aromatic rings. The summed E-state index contributed by atoms with van der Waals surface area (Å²) in [4.78, 5) is 0. The Hall–Kier alpha value is -1.00.